The molecule has 0 radical (unpaired) electrons. The quantitative estimate of drug-likeness (QED) is 0.900. The molecule has 2 aromatic rings. The summed E-state index contributed by atoms with van der Waals surface area (Å²) in [5.41, 5.74) is 2.98. The fourth-order valence-electron chi connectivity index (χ4n) is 3.82. The predicted molar refractivity (Wildman–Crippen MR) is 102 cm³/mol. The van der Waals surface area contributed by atoms with Gasteiger partial charge in [-0.1, -0.05) is 18.2 Å². The van der Waals surface area contributed by atoms with Crippen molar-refractivity contribution in [2.24, 2.45) is 0 Å². The first-order valence-corrected chi connectivity index (χ1v) is 9.21. The van der Waals surface area contributed by atoms with Crippen molar-refractivity contribution in [3.05, 3.63) is 35.4 Å². The molecule has 3 heterocycles. The number of anilines is 1. The highest BCUT2D eigenvalue weighted by Gasteiger charge is 2.39. The number of para-hydroxylation sites is 1. The lowest BCUT2D eigenvalue weighted by Gasteiger charge is -2.24. The number of hydrogen-bond acceptors (Lipinski definition) is 6. The molecule has 1 N–H and O–H groups in total. The molecule has 2 fully saturated rings. The lowest BCUT2D eigenvalue weighted by atomic mass is 10.1. The summed E-state index contributed by atoms with van der Waals surface area (Å²) in [7, 11) is 4.11. The summed E-state index contributed by atoms with van der Waals surface area (Å²) in [4.78, 5) is 9.24. The van der Waals surface area contributed by atoms with E-state index in [9.17, 15) is 5.11 Å². The summed E-state index contributed by atoms with van der Waals surface area (Å²) < 4.78 is 12.3. The number of hydrogen-bond donors (Lipinski definition) is 1. The van der Waals surface area contributed by atoms with Gasteiger partial charge in [0.2, 0.25) is 0 Å². The number of likely N-dealkylation sites (N-methyl/N-ethyl adjacent to an activating group) is 1. The van der Waals surface area contributed by atoms with Crippen LogP contribution in [-0.4, -0.2) is 73.6 Å². The number of fused-ring (bicyclic) bond motifs is 2. The summed E-state index contributed by atoms with van der Waals surface area (Å²) >= 11 is 0. The van der Waals surface area contributed by atoms with Gasteiger partial charge >= 0.3 is 0 Å². The molecule has 6 nitrogen and oxygen atoms in total. The number of rotatable bonds is 3. The summed E-state index contributed by atoms with van der Waals surface area (Å²) in [6.45, 7) is 4.88. The lowest BCUT2D eigenvalue weighted by Crippen LogP contribution is -2.36. The molecule has 0 amide bonds. The maximum atomic E-state index is 9.87. The van der Waals surface area contributed by atoms with E-state index in [1.54, 1.807) is 0 Å². The normalized spacial score (nSPS) is 24.3. The highest BCUT2D eigenvalue weighted by Crippen LogP contribution is 2.30. The zero-order valence-electron chi connectivity index (χ0n) is 15.7. The topological polar surface area (TPSA) is 58.1 Å². The Morgan fingerprint density at radius 1 is 1.19 bits per heavy atom. The molecular weight excluding hydrogens is 330 g/mol. The SMILES string of the molecule is Cc1cccc2cc(CO)c(N3C[C@@H]4OCC(N(C)C)CO[C@H]4C3)nc12. The average Bonchev–Trinajstić information content (AvgIpc) is 2.93. The number of aliphatic hydroxyl groups excluding tert-OH is 1. The Kier molecular flexibility index (Phi) is 4.84. The summed E-state index contributed by atoms with van der Waals surface area (Å²) in [6, 6.07) is 8.47. The Bertz CT molecular complexity index is 779. The van der Waals surface area contributed by atoms with Crippen molar-refractivity contribution >= 4 is 16.7 Å². The third kappa shape index (κ3) is 3.18. The number of aromatic nitrogens is 1. The summed E-state index contributed by atoms with van der Waals surface area (Å²) in [5.74, 6) is 0.846. The van der Waals surface area contributed by atoms with Crippen molar-refractivity contribution in [3.8, 4) is 0 Å². The molecule has 26 heavy (non-hydrogen) atoms. The molecule has 1 aromatic heterocycles. The van der Waals surface area contributed by atoms with E-state index in [1.807, 2.05) is 18.2 Å². The van der Waals surface area contributed by atoms with Crippen LogP contribution in [0.1, 0.15) is 11.1 Å². The van der Waals surface area contributed by atoms with Crippen molar-refractivity contribution in [1.29, 1.82) is 0 Å². The second-order valence-corrected chi connectivity index (χ2v) is 7.54. The highest BCUT2D eigenvalue weighted by molar-refractivity contribution is 5.84. The van der Waals surface area contributed by atoms with E-state index in [-0.39, 0.29) is 18.8 Å². The van der Waals surface area contributed by atoms with Crippen LogP contribution < -0.4 is 4.90 Å². The molecular formula is C20H27N3O3. The molecule has 0 spiro atoms. The molecule has 0 unspecified atom stereocenters. The van der Waals surface area contributed by atoms with Crippen LogP contribution in [0, 0.1) is 6.92 Å². The van der Waals surface area contributed by atoms with E-state index in [4.69, 9.17) is 14.5 Å². The highest BCUT2D eigenvalue weighted by atomic mass is 16.6. The van der Waals surface area contributed by atoms with Crippen LogP contribution in [0.4, 0.5) is 5.82 Å². The van der Waals surface area contributed by atoms with E-state index in [1.165, 1.54) is 0 Å². The van der Waals surface area contributed by atoms with Gasteiger partial charge in [0.05, 0.1) is 31.4 Å². The Labute approximate surface area is 154 Å². The van der Waals surface area contributed by atoms with E-state index >= 15 is 0 Å². The van der Waals surface area contributed by atoms with Crippen molar-refractivity contribution in [2.75, 3.05) is 45.3 Å². The van der Waals surface area contributed by atoms with E-state index < -0.39 is 0 Å². The van der Waals surface area contributed by atoms with Crippen LogP contribution in [0.5, 0.6) is 0 Å². The minimum atomic E-state index is -0.0253. The minimum absolute atomic E-state index is 0.0253. The number of benzene rings is 1. The molecule has 2 saturated heterocycles. The molecule has 2 atom stereocenters. The van der Waals surface area contributed by atoms with Gasteiger partial charge < -0.3 is 24.4 Å². The maximum absolute atomic E-state index is 9.87. The number of aryl methyl sites for hydroxylation is 1. The molecule has 2 aliphatic heterocycles. The molecule has 0 saturated carbocycles. The van der Waals surface area contributed by atoms with Gasteiger partial charge in [-0.3, -0.25) is 0 Å². The van der Waals surface area contributed by atoms with Gasteiger partial charge in [-0.05, 0) is 32.6 Å². The standard InChI is InChI=1S/C20H27N3O3/c1-13-5-4-6-14-7-15(10-24)20(21-19(13)14)23-8-17-18(9-23)26-12-16(11-25-17)22(2)3/h4-7,16-18,24H,8-12H2,1-3H3/t17-,18-/m0/s1. The van der Waals surface area contributed by atoms with E-state index in [0.29, 0.717) is 19.3 Å². The minimum Gasteiger partial charge on any atom is -0.392 e. The van der Waals surface area contributed by atoms with Gasteiger partial charge in [0.1, 0.15) is 18.0 Å². The van der Waals surface area contributed by atoms with Gasteiger partial charge in [-0.25, -0.2) is 4.98 Å². The number of pyridine rings is 1. The Morgan fingerprint density at radius 2 is 1.88 bits per heavy atom. The first kappa shape index (κ1) is 17.7. The third-order valence-electron chi connectivity index (χ3n) is 5.52. The fraction of sp³-hybridized carbons (Fsp3) is 0.550. The van der Waals surface area contributed by atoms with Crippen LogP contribution in [0.25, 0.3) is 10.9 Å². The van der Waals surface area contributed by atoms with Crippen LogP contribution in [-0.2, 0) is 16.1 Å². The second-order valence-electron chi connectivity index (χ2n) is 7.54. The van der Waals surface area contributed by atoms with Crippen molar-refractivity contribution in [3.63, 3.8) is 0 Å². The first-order chi connectivity index (χ1) is 12.6. The van der Waals surface area contributed by atoms with Gasteiger partial charge in [-0.15, -0.1) is 0 Å². The number of ether oxygens (including phenoxy) is 2. The molecule has 2 aliphatic rings. The molecule has 0 bridgehead atoms. The van der Waals surface area contributed by atoms with Gasteiger partial charge in [0, 0.05) is 24.0 Å². The predicted octanol–water partition coefficient (Wildman–Crippen LogP) is 1.57. The van der Waals surface area contributed by atoms with Crippen molar-refractivity contribution in [1.82, 2.24) is 9.88 Å². The summed E-state index contributed by atoms with van der Waals surface area (Å²) in [5, 5.41) is 10.9. The number of nitrogens with zero attached hydrogens (tertiary/aromatic N) is 3. The monoisotopic (exact) mass is 357 g/mol. The second kappa shape index (κ2) is 7.12. The Balaban J connectivity index is 1.60. The van der Waals surface area contributed by atoms with Crippen LogP contribution in [0.2, 0.25) is 0 Å². The van der Waals surface area contributed by atoms with E-state index in [2.05, 4.69) is 36.9 Å². The van der Waals surface area contributed by atoms with Crippen molar-refractivity contribution in [2.45, 2.75) is 31.8 Å². The lowest BCUT2D eigenvalue weighted by molar-refractivity contribution is -0.00461. The first-order valence-electron chi connectivity index (χ1n) is 9.21. The van der Waals surface area contributed by atoms with Crippen molar-refractivity contribution < 1.29 is 14.6 Å². The Hall–Kier alpha value is -1.73. The largest absolute Gasteiger partial charge is 0.392 e. The average molecular weight is 357 g/mol. The molecule has 0 aliphatic carbocycles. The van der Waals surface area contributed by atoms with Crippen LogP contribution in [0.3, 0.4) is 0 Å². The third-order valence-corrected chi connectivity index (χ3v) is 5.52. The maximum Gasteiger partial charge on any atom is 0.135 e. The fourth-order valence-corrected chi connectivity index (χ4v) is 3.82. The molecule has 4 rings (SSSR count). The van der Waals surface area contributed by atoms with Crippen LogP contribution >= 0.6 is 0 Å². The zero-order chi connectivity index (χ0) is 18.3. The summed E-state index contributed by atoms with van der Waals surface area (Å²) in [6.07, 6.45) is 0.0849. The zero-order valence-corrected chi connectivity index (χ0v) is 15.7. The number of aliphatic hydroxyl groups is 1. The van der Waals surface area contributed by atoms with Gasteiger partial charge in [0.25, 0.3) is 0 Å². The van der Waals surface area contributed by atoms with E-state index in [0.717, 1.165) is 40.9 Å². The molecule has 1 aromatic carbocycles. The Morgan fingerprint density at radius 3 is 2.50 bits per heavy atom. The van der Waals surface area contributed by atoms with Crippen LogP contribution in [0.15, 0.2) is 24.3 Å². The van der Waals surface area contributed by atoms with Gasteiger partial charge in [-0.2, -0.15) is 0 Å². The smallest absolute Gasteiger partial charge is 0.135 e. The van der Waals surface area contributed by atoms with Gasteiger partial charge in [0.15, 0.2) is 0 Å². The molecule has 140 valence electrons. The molecule has 6 heteroatoms.